The lowest BCUT2D eigenvalue weighted by Crippen LogP contribution is -2.55. The van der Waals surface area contributed by atoms with Crippen molar-refractivity contribution in [2.45, 2.75) is 90.9 Å². The predicted octanol–water partition coefficient (Wildman–Crippen LogP) is 7.65. The Morgan fingerprint density at radius 2 is 1.62 bits per heavy atom. The molecule has 0 bridgehead atoms. The van der Waals surface area contributed by atoms with Gasteiger partial charge < -0.3 is 19.9 Å². The van der Waals surface area contributed by atoms with Gasteiger partial charge in [-0.3, -0.25) is 14.4 Å². The van der Waals surface area contributed by atoms with Crippen LogP contribution >= 0.6 is 0 Å². The van der Waals surface area contributed by atoms with Crippen molar-refractivity contribution in [2.75, 3.05) is 19.6 Å². The number of aryl methyl sites for hydroxylation is 2. The number of alkyl halides is 7. The SMILES string of the molecule is Cc1cc(F)cc(C)c1C1=CC(C(F)(F)F)=C(F)C(C)([C@H](CC(=O)O)NC(=O)C(CC(C)C)n2cc(CCN3CCC3)c(C(F)(F)F)cc2=O)C1F. The van der Waals surface area contributed by atoms with E-state index < -0.39 is 94.2 Å². The first kappa shape index (κ1) is 40.7. The minimum atomic E-state index is -5.43. The number of carbonyl (C=O) groups is 2. The third kappa shape index (κ3) is 8.42. The summed E-state index contributed by atoms with van der Waals surface area (Å²) in [6.45, 7) is 8.04. The number of hydrogen-bond acceptors (Lipinski definition) is 4. The van der Waals surface area contributed by atoms with Gasteiger partial charge in [-0.05, 0) is 105 Å². The molecule has 1 fully saturated rings. The number of aliphatic carboxylic acids is 1. The van der Waals surface area contributed by atoms with Gasteiger partial charge >= 0.3 is 18.3 Å². The third-order valence-corrected chi connectivity index (χ3v) is 9.77. The Balaban J connectivity index is 1.86. The molecule has 1 aromatic heterocycles. The molecule has 16 heteroatoms. The summed E-state index contributed by atoms with van der Waals surface area (Å²) in [5.41, 5.74) is -8.68. The number of rotatable bonds is 12. The summed E-state index contributed by atoms with van der Waals surface area (Å²) in [4.78, 5) is 41.3. The van der Waals surface area contributed by atoms with E-state index in [9.17, 15) is 50.2 Å². The van der Waals surface area contributed by atoms with Gasteiger partial charge in [0.25, 0.3) is 5.56 Å². The number of hydrogen-bond donors (Lipinski definition) is 2. The van der Waals surface area contributed by atoms with Gasteiger partial charge in [0.1, 0.15) is 23.9 Å². The Bertz CT molecular complexity index is 1800. The Kier molecular flexibility index (Phi) is 11.8. The first-order valence-electron chi connectivity index (χ1n) is 16.6. The maximum Gasteiger partial charge on any atom is 0.418 e. The zero-order valence-electron chi connectivity index (χ0n) is 29.1. The van der Waals surface area contributed by atoms with Crippen molar-refractivity contribution in [3.05, 3.63) is 85.9 Å². The first-order valence-corrected chi connectivity index (χ1v) is 16.6. The highest BCUT2D eigenvalue weighted by Gasteiger charge is 2.56. The van der Waals surface area contributed by atoms with Crippen molar-refractivity contribution in [2.24, 2.45) is 11.3 Å². The standard InChI is InChI=1S/C36H40F9N3O4/c1-18(2)11-26(48-17-21(7-10-47-8-6-9-47)24(15-28(48)49)35(40,41)42)33(52)46-27(16-29(50)51)34(5)31(38)23(14-25(32(34)39)36(43,44)45)30-19(3)12-22(37)13-20(30)4/h12-15,17-18,26-27,31H,6-11,16H2,1-5H3,(H,46,52)(H,50,51)/t26?,27-,31?,34?/m0/s1. The molecule has 7 nitrogen and oxygen atoms in total. The van der Waals surface area contributed by atoms with Gasteiger partial charge in [-0.15, -0.1) is 0 Å². The zero-order chi connectivity index (χ0) is 39.1. The number of carboxylic acid groups (broad SMARTS) is 1. The topological polar surface area (TPSA) is 91.6 Å². The second-order valence-corrected chi connectivity index (χ2v) is 14.1. The fraction of sp³-hybridized carbons (Fsp3) is 0.528. The molecule has 4 atom stereocenters. The lowest BCUT2D eigenvalue weighted by atomic mass is 9.67. The summed E-state index contributed by atoms with van der Waals surface area (Å²) in [6.07, 6.45) is -12.8. The number of allylic oxidation sites excluding steroid dienone is 3. The van der Waals surface area contributed by atoms with Gasteiger partial charge in [-0.1, -0.05) is 13.8 Å². The second kappa shape index (κ2) is 15.1. The summed E-state index contributed by atoms with van der Waals surface area (Å²) >= 11 is 0. The molecule has 0 spiro atoms. The van der Waals surface area contributed by atoms with Crippen LogP contribution in [0.1, 0.15) is 73.9 Å². The largest absolute Gasteiger partial charge is 0.481 e. The van der Waals surface area contributed by atoms with Crippen molar-refractivity contribution < 1.29 is 54.2 Å². The van der Waals surface area contributed by atoms with Crippen molar-refractivity contribution >= 4 is 17.4 Å². The van der Waals surface area contributed by atoms with E-state index in [0.29, 0.717) is 26.1 Å². The average Bonchev–Trinajstić information content (AvgIpc) is 2.97. The van der Waals surface area contributed by atoms with E-state index in [1.807, 2.05) is 4.90 Å². The van der Waals surface area contributed by atoms with Crippen LogP contribution in [0.5, 0.6) is 0 Å². The summed E-state index contributed by atoms with van der Waals surface area (Å²) in [5, 5.41) is 12.0. The maximum atomic E-state index is 16.9. The number of nitrogens with one attached hydrogen (secondary N) is 1. The number of nitrogens with zero attached hydrogens (tertiary/aromatic N) is 2. The number of benzene rings is 1. The van der Waals surface area contributed by atoms with Crippen LogP contribution in [-0.2, 0) is 22.2 Å². The van der Waals surface area contributed by atoms with Crippen LogP contribution in [0.2, 0.25) is 0 Å². The minimum Gasteiger partial charge on any atom is -0.481 e. The quantitative estimate of drug-likeness (QED) is 0.218. The molecule has 1 aromatic carbocycles. The van der Waals surface area contributed by atoms with Gasteiger partial charge in [0.2, 0.25) is 5.91 Å². The fourth-order valence-electron chi connectivity index (χ4n) is 6.95. The summed E-state index contributed by atoms with van der Waals surface area (Å²) < 4.78 is 133. The van der Waals surface area contributed by atoms with Gasteiger partial charge in [-0.2, -0.15) is 26.3 Å². The number of amides is 1. The van der Waals surface area contributed by atoms with Crippen LogP contribution < -0.4 is 10.9 Å². The Morgan fingerprint density at radius 3 is 2.10 bits per heavy atom. The number of carboxylic acids is 1. The van der Waals surface area contributed by atoms with Gasteiger partial charge in [-0.25, -0.2) is 13.2 Å². The van der Waals surface area contributed by atoms with Crippen LogP contribution in [0, 0.1) is 31.0 Å². The average molecular weight is 750 g/mol. The smallest absolute Gasteiger partial charge is 0.418 e. The predicted molar refractivity (Wildman–Crippen MR) is 174 cm³/mol. The normalized spacial score (nSPS) is 21.1. The lowest BCUT2D eigenvalue weighted by Gasteiger charge is -2.43. The molecule has 0 radical (unpaired) electrons. The Hall–Kier alpha value is -4.08. The van der Waals surface area contributed by atoms with Gasteiger partial charge in [0.15, 0.2) is 0 Å². The molecule has 3 unspecified atom stereocenters. The van der Waals surface area contributed by atoms with Gasteiger partial charge in [0.05, 0.1) is 29.0 Å². The number of pyridine rings is 1. The van der Waals surface area contributed by atoms with Crippen molar-refractivity contribution in [1.82, 2.24) is 14.8 Å². The molecule has 2 aliphatic rings. The van der Waals surface area contributed by atoms with Crippen LogP contribution in [0.15, 0.2) is 46.7 Å². The lowest BCUT2D eigenvalue weighted by molar-refractivity contribution is -0.139. The molecule has 0 saturated carbocycles. The number of carbonyl (C=O) groups excluding carboxylic acids is 1. The number of likely N-dealkylation sites (tertiary alicyclic amines) is 1. The van der Waals surface area contributed by atoms with Crippen LogP contribution in [-0.4, -0.2) is 64.5 Å². The molecule has 52 heavy (non-hydrogen) atoms. The molecule has 2 aromatic rings. The molecule has 1 amide bonds. The van der Waals surface area contributed by atoms with Crippen LogP contribution in [0.25, 0.3) is 5.57 Å². The molecule has 286 valence electrons. The monoisotopic (exact) mass is 749 g/mol. The zero-order valence-corrected chi connectivity index (χ0v) is 29.1. The van der Waals surface area contributed by atoms with Crippen molar-refractivity contribution in [3.8, 4) is 0 Å². The van der Waals surface area contributed by atoms with E-state index in [1.165, 1.54) is 13.8 Å². The van der Waals surface area contributed by atoms with Crippen molar-refractivity contribution in [3.63, 3.8) is 0 Å². The molecule has 2 heterocycles. The molecule has 2 N–H and O–H groups in total. The van der Waals surface area contributed by atoms with E-state index in [2.05, 4.69) is 5.32 Å². The molecule has 4 rings (SSSR count). The second-order valence-electron chi connectivity index (χ2n) is 14.1. The summed E-state index contributed by atoms with van der Waals surface area (Å²) in [7, 11) is 0. The van der Waals surface area contributed by atoms with E-state index in [-0.39, 0.29) is 47.7 Å². The highest BCUT2D eigenvalue weighted by molar-refractivity contribution is 5.83. The highest BCUT2D eigenvalue weighted by Crippen LogP contribution is 2.53. The molecule has 1 saturated heterocycles. The fourth-order valence-corrected chi connectivity index (χ4v) is 6.95. The summed E-state index contributed by atoms with van der Waals surface area (Å²) in [6, 6.07) is -1.70. The first-order chi connectivity index (χ1) is 24.0. The van der Waals surface area contributed by atoms with Gasteiger partial charge in [0, 0.05) is 18.8 Å². The van der Waals surface area contributed by atoms with E-state index in [0.717, 1.165) is 29.3 Å². The number of aromatic nitrogens is 1. The van der Waals surface area contributed by atoms with E-state index in [4.69, 9.17) is 0 Å². The minimum absolute atomic E-state index is 0.00000770. The van der Waals surface area contributed by atoms with Crippen molar-refractivity contribution in [1.29, 1.82) is 0 Å². The maximum absolute atomic E-state index is 16.9. The molecular formula is C36H40F9N3O4. The molecular weight excluding hydrogens is 709 g/mol. The molecule has 1 aliphatic heterocycles. The van der Waals surface area contributed by atoms with Crippen LogP contribution in [0.3, 0.4) is 0 Å². The Labute approximate surface area is 294 Å². The molecule has 1 aliphatic carbocycles. The summed E-state index contributed by atoms with van der Waals surface area (Å²) in [5.74, 6) is -6.33. The highest BCUT2D eigenvalue weighted by atomic mass is 19.4. The Morgan fingerprint density at radius 1 is 1.02 bits per heavy atom. The third-order valence-electron chi connectivity index (χ3n) is 9.77. The number of halogens is 9. The van der Waals surface area contributed by atoms with Crippen LogP contribution in [0.4, 0.5) is 39.5 Å². The van der Waals surface area contributed by atoms with E-state index >= 15 is 8.78 Å². The van der Waals surface area contributed by atoms with E-state index in [1.54, 1.807) is 13.8 Å².